The normalized spacial score (nSPS) is 11.9. The number of nitrogens with zero attached hydrogens (tertiary/aromatic N) is 2. The number of aryl methyl sites for hydroxylation is 1. The fourth-order valence-corrected chi connectivity index (χ4v) is 3.38. The highest BCUT2D eigenvalue weighted by Crippen LogP contribution is 2.25. The molecule has 1 N–H and O–H groups in total. The molecule has 0 saturated heterocycles. The summed E-state index contributed by atoms with van der Waals surface area (Å²) in [5.74, 6) is -1.07. The highest BCUT2D eigenvalue weighted by molar-refractivity contribution is 7.14. The maximum absolute atomic E-state index is 12.4. The summed E-state index contributed by atoms with van der Waals surface area (Å²) in [7, 11) is 0. The van der Waals surface area contributed by atoms with E-state index in [1.165, 1.54) is 24.7 Å². The predicted molar refractivity (Wildman–Crippen MR) is 110 cm³/mol. The zero-order valence-electron chi connectivity index (χ0n) is 15.7. The van der Waals surface area contributed by atoms with Crippen LogP contribution in [0.5, 0.6) is 0 Å². The first-order valence-electron chi connectivity index (χ1n) is 8.87. The largest absolute Gasteiger partial charge is 0.449 e. The average Bonchev–Trinajstić information content (AvgIpc) is 3.37. The second kappa shape index (κ2) is 7.84. The van der Waals surface area contributed by atoms with Crippen LogP contribution >= 0.6 is 11.3 Å². The lowest BCUT2D eigenvalue weighted by Gasteiger charge is -2.12. The zero-order chi connectivity index (χ0) is 20.4. The first-order chi connectivity index (χ1) is 14.0. The Morgan fingerprint density at radius 3 is 2.76 bits per heavy atom. The molecule has 0 bridgehead atoms. The summed E-state index contributed by atoms with van der Waals surface area (Å²) in [6.45, 7) is 3.53. The number of hydrogen-bond donors (Lipinski definition) is 1. The molecular weight excluding hydrogens is 390 g/mol. The van der Waals surface area contributed by atoms with Crippen molar-refractivity contribution in [3.8, 4) is 11.3 Å². The van der Waals surface area contributed by atoms with Crippen molar-refractivity contribution in [2.45, 2.75) is 20.0 Å². The summed E-state index contributed by atoms with van der Waals surface area (Å²) in [6, 6.07) is 12.7. The fraction of sp³-hybridized carbons (Fsp3) is 0.143. The Kier molecular flexibility index (Phi) is 5.09. The van der Waals surface area contributed by atoms with E-state index in [-0.39, 0.29) is 0 Å². The van der Waals surface area contributed by atoms with Gasteiger partial charge in [-0.2, -0.15) is 0 Å². The number of amides is 1. The summed E-state index contributed by atoms with van der Waals surface area (Å²) in [6.07, 6.45) is 0.316. The van der Waals surface area contributed by atoms with Crippen molar-refractivity contribution in [1.29, 1.82) is 0 Å². The topological polar surface area (TPSA) is 94.3 Å². The molecule has 146 valence electrons. The van der Waals surface area contributed by atoms with Gasteiger partial charge in [0.15, 0.2) is 23.2 Å². The van der Waals surface area contributed by atoms with Gasteiger partial charge in [0.05, 0.1) is 11.3 Å². The molecule has 0 saturated carbocycles. The van der Waals surface area contributed by atoms with Crippen LogP contribution in [0.2, 0.25) is 0 Å². The number of fused-ring (bicyclic) bond motifs is 1. The first kappa shape index (κ1) is 18.8. The van der Waals surface area contributed by atoms with Crippen LogP contribution in [-0.4, -0.2) is 27.9 Å². The van der Waals surface area contributed by atoms with E-state index in [1.54, 1.807) is 18.2 Å². The molecule has 0 fully saturated rings. The second-order valence-electron chi connectivity index (χ2n) is 6.48. The number of aromatic nitrogens is 2. The number of hydrogen-bond acceptors (Lipinski definition) is 7. The highest BCUT2D eigenvalue weighted by atomic mass is 32.1. The van der Waals surface area contributed by atoms with E-state index in [0.29, 0.717) is 21.8 Å². The molecule has 0 spiro atoms. The number of thiazole rings is 1. The number of anilines is 1. The van der Waals surface area contributed by atoms with Gasteiger partial charge in [-0.15, -0.1) is 11.3 Å². The maximum Gasteiger partial charge on any atom is 0.338 e. The van der Waals surface area contributed by atoms with Crippen molar-refractivity contribution in [2.75, 3.05) is 5.32 Å². The van der Waals surface area contributed by atoms with Crippen molar-refractivity contribution in [3.05, 3.63) is 65.4 Å². The first-order valence-corrected chi connectivity index (χ1v) is 9.75. The van der Waals surface area contributed by atoms with E-state index in [2.05, 4.69) is 15.3 Å². The fourth-order valence-electron chi connectivity index (χ4n) is 2.66. The number of carbonyl (C=O) groups excluding carboxylic acids is 2. The van der Waals surface area contributed by atoms with Gasteiger partial charge in [-0.3, -0.25) is 10.1 Å². The van der Waals surface area contributed by atoms with Crippen LogP contribution < -0.4 is 5.32 Å². The minimum absolute atomic E-state index is 0.293. The molecule has 1 unspecified atom stereocenters. The Hall–Kier alpha value is -3.52. The van der Waals surface area contributed by atoms with Crippen molar-refractivity contribution < 1.29 is 18.7 Å². The number of benzene rings is 2. The van der Waals surface area contributed by atoms with Gasteiger partial charge >= 0.3 is 5.97 Å². The molecule has 7 nitrogen and oxygen atoms in total. The molecule has 0 aliphatic rings. The third-order valence-corrected chi connectivity index (χ3v) is 5.06. The van der Waals surface area contributed by atoms with Crippen LogP contribution in [-0.2, 0) is 9.53 Å². The molecule has 4 rings (SSSR count). The standard InChI is InChI=1S/C21H17N3O4S/c1-12-3-5-14(6-4-12)17-10-29-21(23-17)24-19(25)13(2)28-20(26)15-7-8-18-16(9-15)22-11-27-18/h3-11,13H,1-2H3,(H,23,24,25). The molecule has 2 aromatic carbocycles. The van der Waals surface area contributed by atoms with E-state index >= 15 is 0 Å². The van der Waals surface area contributed by atoms with E-state index in [9.17, 15) is 9.59 Å². The molecule has 2 heterocycles. The van der Waals surface area contributed by atoms with Crippen LogP contribution in [0.25, 0.3) is 22.4 Å². The van der Waals surface area contributed by atoms with Gasteiger partial charge in [0.25, 0.3) is 5.91 Å². The van der Waals surface area contributed by atoms with Gasteiger partial charge in [0.1, 0.15) is 5.52 Å². The summed E-state index contributed by atoms with van der Waals surface area (Å²) in [4.78, 5) is 33.1. The summed E-state index contributed by atoms with van der Waals surface area (Å²) >= 11 is 1.31. The van der Waals surface area contributed by atoms with E-state index in [0.717, 1.165) is 16.8 Å². The number of oxazole rings is 1. The zero-order valence-corrected chi connectivity index (χ0v) is 16.5. The summed E-state index contributed by atoms with van der Waals surface area (Å²) in [5.41, 5.74) is 4.31. The van der Waals surface area contributed by atoms with Crippen molar-refractivity contribution >= 4 is 39.4 Å². The summed E-state index contributed by atoms with van der Waals surface area (Å²) in [5, 5.41) is 5.00. The Morgan fingerprint density at radius 2 is 1.97 bits per heavy atom. The van der Waals surface area contributed by atoms with Gasteiger partial charge in [-0.1, -0.05) is 29.8 Å². The van der Waals surface area contributed by atoms with Crippen LogP contribution in [0.3, 0.4) is 0 Å². The molecule has 0 radical (unpaired) electrons. The third kappa shape index (κ3) is 4.17. The van der Waals surface area contributed by atoms with E-state index in [1.807, 2.05) is 36.6 Å². The molecule has 0 aliphatic heterocycles. The monoisotopic (exact) mass is 407 g/mol. The SMILES string of the molecule is Cc1ccc(-c2csc(NC(=O)C(C)OC(=O)c3ccc4ocnc4c3)n2)cc1. The van der Waals surface area contributed by atoms with Gasteiger partial charge < -0.3 is 9.15 Å². The van der Waals surface area contributed by atoms with Crippen LogP contribution in [0.4, 0.5) is 5.13 Å². The smallest absolute Gasteiger partial charge is 0.338 e. The lowest BCUT2D eigenvalue weighted by Crippen LogP contribution is -2.29. The Bertz CT molecular complexity index is 1180. The molecule has 1 amide bonds. The lowest BCUT2D eigenvalue weighted by atomic mass is 10.1. The van der Waals surface area contributed by atoms with Gasteiger partial charge in [-0.05, 0) is 32.0 Å². The molecular formula is C21H17N3O4S. The van der Waals surface area contributed by atoms with E-state index < -0.39 is 18.0 Å². The Balaban J connectivity index is 1.39. The Labute approximate surface area is 170 Å². The van der Waals surface area contributed by atoms with Crippen LogP contribution in [0.15, 0.2) is 58.7 Å². The molecule has 1 atom stereocenters. The number of nitrogens with one attached hydrogen (secondary N) is 1. The van der Waals surface area contributed by atoms with Crippen molar-refractivity contribution in [2.24, 2.45) is 0 Å². The lowest BCUT2D eigenvalue weighted by molar-refractivity contribution is -0.123. The maximum atomic E-state index is 12.4. The molecule has 4 aromatic rings. The number of esters is 1. The average molecular weight is 407 g/mol. The van der Waals surface area contributed by atoms with Crippen LogP contribution in [0.1, 0.15) is 22.8 Å². The van der Waals surface area contributed by atoms with Gasteiger partial charge in [0.2, 0.25) is 0 Å². The highest BCUT2D eigenvalue weighted by Gasteiger charge is 2.20. The minimum Gasteiger partial charge on any atom is -0.449 e. The van der Waals surface area contributed by atoms with E-state index in [4.69, 9.17) is 9.15 Å². The Morgan fingerprint density at radius 1 is 1.17 bits per heavy atom. The molecule has 0 aliphatic carbocycles. The second-order valence-corrected chi connectivity index (χ2v) is 7.33. The molecule has 2 aromatic heterocycles. The quantitative estimate of drug-likeness (QED) is 0.492. The van der Waals surface area contributed by atoms with Gasteiger partial charge in [0, 0.05) is 10.9 Å². The van der Waals surface area contributed by atoms with Crippen molar-refractivity contribution in [3.63, 3.8) is 0 Å². The minimum atomic E-state index is -0.984. The molecule has 29 heavy (non-hydrogen) atoms. The summed E-state index contributed by atoms with van der Waals surface area (Å²) < 4.78 is 10.4. The molecule has 8 heteroatoms. The number of ether oxygens (including phenoxy) is 1. The van der Waals surface area contributed by atoms with Crippen molar-refractivity contribution in [1.82, 2.24) is 9.97 Å². The number of carbonyl (C=O) groups is 2. The van der Waals surface area contributed by atoms with Crippen LogP contribution in [0, 0.1) is 6.92 Å². The third-order valence-electron chi connectivity index (χ3n) is 4.30. The van der Waals surface area contributed by atoms with Gasteiger partial charge in [-0.25, -0.2) is 14.8 Å². The number of rotatable bonds is 5. The predicted octanol–water partition coefficient (Wildman–Crippen LogP) is 4.44.